The van der Waals surface area contributed by atoms with Crippen molar-refractivity contribution < 1.29 is 40.2 Å². The van der Waals surface area contributed by atoms with Crippen LogP contribution in [-0.2, 0) is 12.8 Å². The third-order valence-electron chi connectivity index (χ3n) is 5.72. The Labute approximate surface area is 208 Å². The van der Waals surface area contributed by atoms with Gasteiger partial charge in [-0.3, -0.25) is 0 Å². The molecule has 9 heteroatoms. The molecule has 0 saturated carbocycles. The lowest BCUT2D eigenvalue weighted by Crippen LogP contribution is -2.19. The second-order valence-corrected chi connectivity index (χ2v) is 8.40. The smallest absolute Gasteiger partial charge is 0.494 e. The highest BCUT2D eigenvalue weighted by molar-refractivity contribution is 5.88. The highest BCUT2D eigenvalue weighted by Gasteiger charge is 2.34. The first-order valence-electron chi connectivity index (χ1n) is 11.4. The van der Waals surface area contributed by atoms with Gasteiger partial charge in [0.2, 0.25) is 5.75 Å². The van der Waals surface area contributed by atoms with Gasteiger partial charge >= 0.3 is 6.36 Å². The number of fused-ring (bicyclic) bond motifs is 1. The first-order valence-corrected chi connectivity index (χ1v) is 11.4. The van der Waals surface area contributed by atoms with Crippen LogP contribution in [0.3, 0.4) is 0 Å². The maximum atomic E-state index is 15.2. The molecule has 0 atom stereocenters. The molecule has 0 saturated heterocycles. The molecule has 37 heavy (non-hydrogen) atoms. The molecule has 0 aliphatic carbocycles. The molecule has 0 aliphatic heterocycles. The summed E-state index contributed by atoms with van der Waals surface area (Å²) in [5.74, 6) is -5.15. The summed E-state index contributed by atoms with van der Waals surface area (Å²) in [6.07, 6.45) is -4.44. The number of hydrogen-bond acceptors (Lipinski definition) is 2. The minimum Gasteiger partial charge on any atom is -0.494 e. The molecule has 0 bridgehead atoms. The first kappa shape index (κ1) is 26.3. The minimum absolute atomic E-state index is 0.0295. The fraction of sp³-hybridized carbons (Fsp3) is 0.214. The maximum Gasteiger partial charge on any atom is 0.573 e. The van der Waals surface area contributed by atoms with Gasteiger partial charge in [-0.2, -0.15) is 0 Å². The fourth-order valence-electron chi connectivity index (χ4n) is 3.99. The Morgan fingerprint density at radius 3 is 2.14 bits per heavy atom. The van der Waals surface area contributed by atoms with Crippen molar-refractivity contribution in [2.75, 3.05) is 6.61 Å². The summed E-state index contributed by atoms with van der Waals surface area (Å²) in [5, 5.41) is 0.797. The summed E-state index contributed by atoms with van der Waals surface area (Å²) < 4.78 is 104. The van der Waals surface area contributed by atoms with Crippen LogP contribution in [0.5, 0.6) is 11.5 Å². The third-order valence-corrected chi connectivity index (χ3v) is 5.72. The van der Waals surface area contributed by atoms with E-state index in [0.717, 1.165) is 18.6 Å². The molecule has 0 heterocycles. The number of ether oxygens (including phenoxy) is 2. The van der Waals surface area contributed by atoms with E-state index in [2.05, 4.69) is 4.74 Å². The zero-order valence-corrected chi connectivity index (χ0v) is 19.6. The van der Waals surface area contributed by atoms with Crippen LogP contribution < -0.4 is 9.47 Å². The molecule has 0 radical (unpaired) electrons. The monoisotopic (exact) mass is 522 g/mol. The van der Waals surface area contributed by atoms with Crippen molar-refractivity contribution >= 4 is 10.8 Å². The van der Waals surface area contributed by atoms with Gasteiger partial charge in [0, 0.05) is 17.0 Å². The lowest BCUT2D eigenvalue weighted by Gasteiger charge is -2.12. The van der Waals surface area contributed by atoms with E-state index >= 15 is 4.39 Å². The summed E-state index contributed by atoms with van der Waals surface area (Å²) >= 11 is 0. The molecule has 0 aromatic heterocycles. The number of benzene rings is 4. The summed E-state index contributed by atoms with van der Waals surface area (Å²) in [6.45, 7) is 2.41. The second-order valence-electron chi connectivity index (χ2n) is 8.40. The van der Waals surface area contributed by atoms with Crippen molar-refractivity contribution in [2.24, 2.45) is 0 Å². The molecule has 2 nitrogen and oxygen atoms in total. The molecule has 0 aliphatic rings. The van der Waals surface area contributed by atoms with Gasteiger partial charge < -0.3 is 9.47 Å². The predicted molar refractivity (Wildman–Crippen MR) is 126 cm³/mol. The third kappa shape index (κ3) is 6.15. The van der Waals surface area contributed by atoms with Crippen molar-refractivity contribution in [1.29, 1.82) is 0 Å². The first-order chi connectivity index (χ1) is 17.6. The molecule has 194 valence electrons. The van der Waals surface area contributed by atoms with Crippen molar-refractivity contribution in [3.8, 4) is 22.6 Å². The Morgan fingerprint density at radius 2 is 1.49 bits per heavy atom. The number of halogens is 7. The largest absolute Gasteiger partial charge is 0.573 e. The molecule has 0 spiro atoms. The maximum absolute atomic E-state index is 15.2. The Kier molecular flexibility index (Phi) is 7.61. The van der Waals surface area contributed by atoms with E-state index < -0.39 is 35.4 Å². The topological polar surface area (TPSA) is 18.5 Å². The van der Waals surface area contributed by atoms with Gasteiger partial charge in [0.15, 0.2) is 11.6 Å². The van der Waals surface area contributed by atoms with Gasteiger partial charge in [-0.15, -0.1) is 13.2 Å². The van der Waals surface area contributed by atoms with Crippen LogP contribution in [0.2, 0.25) is 0 Å². The van der Waals surface area contributed by atoms with E-state index in [9.17, 15) is 26.3 Å². The summed E-state index contributed by atoms with van der Waals surface area (Å²) in [5.41, 5.74) is 1.17. The van der Waals surface area contributed by atoms with Gasteiger partial charge in [0.1, 0.15) is 17.4 Å². The number of alkyl halides is 3. The highest BCUT2D eigenvalue weighted by Crippen LogP contribution is 2.32. The van der Waals surface area contributed by atoms with Crippen LogP contribution in [0.4, 0.5) is 30.7 Å². The average molecular weight is 522 g/mol. The zero-order valence-electron chi connectivity index (χ0n) is 19.6. The van der Waals surface area contributed by atoms with E-state index in [4.69, 9.17) is 4.74 Å². The van der Waals surface area contributed by atoms with E-state index in [-0.39, 0.29) is 29.4 Å². The Balaban J connectivity index is 1.53. The van der Waals surface area contributed by atoms with E-state index in [1.54, 1.807) is 30.3 Å². The molecular weight excluding hydrogens is 501 g/mol. The van der Waals surface area contributed by atoms with Crippen LogP contribution in [0, 0.1) is 23.3 Å². The number of hydrogen-bond donors (Lipinski definition) is 0. The minimum atomic E-state index is -5.24. The van der Waals surface area contributed by atoms with Crippen LogP contribution in [0.15, 0.2) is 60.7 Å². The molecule has 0 amide bonds. The van der Waals surface area contributed by atoms with E-state index in [0.29, 0.717) is 28.9 Å². The van der Waals surface area contributed by atoms with Gasteiger partial charge in [-0.25, -0.2) is 17.6 Å². The lowest BCUT2D eigenvalue weighted by molar-refractivity contribution is -0.276. The quantitative estimate of drug-likeness (QED) is 0.216. The molecular formula is C28H21F7O2. The van der Waals surface area contributed by atoms with Crippen molar-refractivity contribution in [1.82, 2.24) is 0 Å². The zero-order chi connectivity index (χ0) is 26.7. The molecule has 4 aromatic carbocycles. The van der Waals surface area contributed by atoms with Crippen LogP contribution in [0.1, 0.15) is 24.5 Å². The summed E-state index contributed by atoms with van der Waals surface area (Å²) in [6, 6.07) is 13.9. The van der Waals surface area contributed by atoms with Crippen molar-refractivity contribution in [3.05, 3.63) is 95.1 Å². The lowest BCUT2D eigenvalue weighted by atomic mass is 9.97. The molecule has 4 rings (SSSR count). The Hall–Kier alpha value is -3.75. The van der Waals surface area contributed by atoms with Crippen molar-refractivity contribution in [2.45, 2.75) is 32.5 Å². The van der Waals surface area contributed by atoms with Crippen LogP contribution in [0.25, 0.3) is 21.9 Å². The van der Waals surface area contributed by atoms with Gasteiger partial charge in [0.05, 0.1) is 6.61 Å². The number of aryl methyl sites for hydroxylation is 2. The van der Waals surface area contributed by atoms with Crippen molar-refractivity contribution in [3.63, 3.8) is 0 Å². The normalized spacial score (nSPS) is 11.7. The summed E-state index contributed by atoms with van der Waals surface area (Å²) in [4.78, 5) is 0. The average Bonchev–Trinajstić information content (AvgIpc) is 2.84. The SMILES string of the molecule is CCCOc1ccc(-c2ccc3c(F)c(CCc4cc(F)c(OC(F)(F)F)c(F)c4)ccc3c2)c(F)c1. The standard InChI is InChI=1S/C28H21F7O2/c1-2-11-36-20-8-10-21(23(29)15-20)18-7-9-22-19(14-18)6-5-17(26(22)32)4-3-16-12-24(30)27(25(31)13-16)37-28(33,34)35/h5-10,12-15H,2-4,11H2,1H3. The Bertz CT molecular complexity index is 1410. The van der Waals surface area contributed by atoms with Gasteiger partial charge in [-0.1, -0.05) is 31.2 Å². The fourth-order valence-corrected chi connectivity index (χ4v) is 3.99. The Morgan fingerprint density at radius 1 is 0.757 bits per heavy atom. The second kappa shape index (κ2) is 10.7. The molecule has 0 unspecified atom stereocenters. The predicted octanol–water partition coefficient (Wildman–Crippen LogP) is 8.54. The van der Waals surface area contributed by atoms with Crippen LogP contribution >= 0.6 is 0 Å². The molecule has 0 fully saturated rings. The van der Waals surface area contributed by atoms with E-state index in [1.165, 1.54) is 18.2 Å². The molecule has 4 aromatic rings. The van der Waals surface area contributed by atoms with Gasteiger partial charge in [-0.05, 0) is 71.7 Å². The molecule has 0 N–H and O–H groups in total. The van der Waals surface area contributed by atoms with E-state index in [1.807, 2.05) is 6.92 Å². The summed E-state index contributed by atoms with van der Waals surface area (Å²) in [7, 11) is 0. The van der Waals surface area contributed by atoms with Gasteiger partial charge in [0.25, 0.3) is 0 Å². The number of rotatable bonds is 8. The highest BCUT2D eigenvalue weighted by atomic mass is 19.4. The van der Waals surface area contributed by atoms with Crippen LogP contribution in [-0.4, -0.2) is 13.0 Å².